The number of rotatable bonds is 3. The highest BCUT2D eigenvalue weighted by molar-refractivity contribution is 6.24. The van der Waals surface area contributed by atoms with Crippen LogP contribution in [0.25, 0.3) is 11.1 Å². The third-order valence-electron chi connectivity index (χ3n) is 3.95. The molecule has 5 heteroatoms. The highest BCUT2D eigenvalue weighted by Gasteiger charge is 2.23. The second kappa shape index (κ2) is 5.62. The zero-order chi connectivity index (χ0) is 16.5. The summed E-state index contributed by atoms with van der Waals surface area (Å²) in [4.78, 5) is 14.9. The summed E-state index contributed by atoms with van der Waals surface area (Å²) >= 11 is 0. The number of carboxylic acids is 1. The number of carboxylic acid groups (broad SMARTS) is 1. The number of anilines is 1. The first kappa shape index (κ1) is 14.1. The predicted octanol–water partition coefficient (Wildman–Crippen LogP) is 3.62. The molecular formula is C19H13N3O2. The van der Waals surface area contributed by atoms with Crippen molar-refractivity contribution >= 4 is 17.5 Å². The Bertz CT molecular complexity index is 915. The van der Waals surface area contributed by atoms with E-state index in [0.717, 1.165) is 28.0 Å². The maximum absolute atomic E-state index is 10.9. The van der Waals surface area contributed by atoms with Crippen LogP contribution in [0.5, 0.6) is 0 Å². The summed E-state index contributed by atoms with van der Waals surface area (Å²) in [6.07, 6.45) is 1.31. The molecular weight excluding hydrogens is 302 g/mol. The van der Waals surface area contributed by atoms with Crippen LogP contribution >= 0.6 is 0 Å². The Kier molecular flexibility index (Phi) is 3.31. The van der Waals surface area contributed by atoms with Gasteiger partial charge in [-0.15, -0.1) is 0 Å². The Morgan fingerprint density at radius 3 is 1.96 bits per heavy atom. The van der Waals surface area contributed by atoms with Crippen LogP contribution in [0.15, 0.2) is 72.0 Å². The van der Waals surface area contributed by atoms with Gasteiger partial charge in [0, 0.05) is 17.3 Å². The first-order chi connectivity index (χ1) is 11.7. The van der Waals surface area contributed by atoms with E-state index in [1.807, 2.05) is 36.4 Å². The average molecular weight is 315 g/mol. The zero-order valence-corrected chi connectivity index (χ0v) is 12.6. The van der Waals surface area contributed by atoms with E-state index < -0.39 is 5.97 Å². The second-order valence-corrected chi connectivity index (χ2v) is 5.40. The maximum Gasteiger partial charge on any atom is 0.337 e. The lowest BCUT2D eigenvalue weighted by Gasteiger charge is -2.04. The molecule has 116 valence electrons. The topological polar surface area (TPSA) is 74.6 Å². The van der Waals surface area contributed by atoms with Gasteiger partial charge in [-0.1, -0.05) is 48.5 Å². The molecule has 0 radical (unpaired) electrons. The van der Waals surface area contributed by atoms with Crippen LogP contribution in [0.2, 0.25) is 0 Å². The number of aromatic carboxylic acids is 1. The van der Waals surface area contributed by atoms with Gasteiger partial charge in [0.05, 0.1) is 11.3 Å². The van der Waals surface area contributed by atoms with E-state index in [9.17, 15) is 4.79 Å². The summed E-state index contributed by atoms with van der Waals surface area (Å²) < 4.78 is 0. The molecule has 1 aromatic heterocycles. The summed E-state index contributed by atoms with van der Waals surface area (Å²) in [6.45, 7) is 0. The molecule has 4 rings (SSSR count). The third kappa shape index (κ3) is 2.32. The monoisotopic (exact) mass is 315 g/mol. The molecule has 0 unspecified atom stereocenters. The zero-order valence-electron chi connectivity index (χ0n) is 12.6. The fraction of sp³-hybridized carbons (Fsp3) is 0. The van der Waals surface area contributed by atoms with E-state index in [1.54, 1.807) is 6.07 Å². The normalized spacial score (nSPS) is 11.6. The summed E-state index contributed by atoms with van der Waals surface area (Å²) in [5, 5.41) is 13.4. The van der Waals surface area contributed by atoms with Crippen molar-refractivity contribution in [2.45, 2.75) is 0 Å². The van der Waals surface area contributed by atoms with Crippen molar-refractivity contribution in [3.8, 4) is 11.1 Å². The van der Waals surface area contributed by atoms with Crippen molar-refractivity contribution in [3.63, 3.8) is 0 Å². The number of pyridine rings is 1. The molecule has 2 N–H and O–H groups in total. The third-order valence-corrected chi connectivity index (χ3v) is 3.95. The molecule has 1 aliphatic carbocycles. The summed E-state index contributed by atoms with van der Waals surface area (Å²) in [5.74, 6) is -0.506. The fourth-order valence-corrected chi connectivity index (χ4v) is 2.81. The molecule has 0 atom stereocenters. The van der Waals surface area contributed by atoms with Crippen LogP contribution in [0.4, 0.5) is 5.82 Å². The van der Waals surface area contributed by atoms with E-state index in [-0.39, 0.29) is 5.56 Å². The van der Waals surface area contributed by atoms with E-state index in [4.69, 9.17) is 5.11 Å². The highest BCUT2D eigenvalue weighted by atomic mass is 16.4. The van der Waals surface area contributed by atoms with Gasteiger partial charge in [0.15, 0.2) is 0 Å². The highest BCUT2D eigenvalue weighted by Crippen LogP contribution is 2.36. The molecule has 0 fully saturated rings. The maximum atomic E-state index is 10.9. The number of nitrogens with one attached hydrogen (secondary N) is 1. The largest absolute Gasteiger partial charge is 0.478 e. The molecule has 0 amide bonds. The van der Waals surface area contributed by atoms with Gasteiger partial charge in [0.2, 0.25) is 0 Å². The van der Waals surface area contributed by atoms with Crippen molar-refractivity contribution in [2.75, 3.05) is 5.43 Å². The van der Waals surface area contributed by atoms with Gasteiger partial charge in [-0.05, 0) is 23.3 Å². The lowest BCUT2D eigenvalue weighted by atomic mass is 10.1. The van der Waals surface area contributed by atoms with Gasteiger partial charge in [-0.25, -0.2) is 9.78 Å². The van der Waals surface area contributed by atoms with Gasteiger partial charge < -0.3 is 5.11 Å². The number of benzene rings is 2. The van der Waals surface area contributed by atoms with Crippen molar-refractivity contribution in [1.29, 1.82) is 0 Å². The minimum Gasteiger partial charge on any atom is -0.478 e. The minimum absolute atomic E-state index is 0.143. The number of hydrazone groups is 1. The molecule has 5 nitrogen and oxygen atoms in total. The van der Waals surface area contributed by atoms with Crippen LogP contribution in [0, 0.1) is 0 Å². The summed E-state index contributed by atoms with van der Waals surface area (Å²) in [6, 6.07) is 19.3. The molecule has 0 saturated heterocycles. The summed E-state index contributed by atoms with van der Waals surface area (Å²) in [7, 11) is 0. The molecule has 2 aromatic carbocycles. The van der Waals surface area contributed by atoms with Crippen molar-refractivity contribution in [1.82, 2.24) is 4.98 Å². The van der Waals surface area contributed by atoms with Gasteiger partial charge in [0.25, 0.3) is 0 Å². The van der Waals surface area contributed by atoms with E-state index >= 15 is 0 Å². The van der Waals surface area contributed by atoms with E-state index in [2.05, 4.69) is 27.6 Å². The van der Waals surface area contributed by atoms with Crippen molar-refractivity contribution in [3.05, 3.63) is 83.6 Å². The molecule has 0 bridgehead atoms. The van der Waals surface area contributed by atoms with Crippen LogP contribution in [0.3, 0.4) is 0 Å². The first-order valence-electron chi connectivity index (χ1n) is 7.46. The number of hydrogen-bond acceptors (Lipinski definition) is 4. The molecule has 1 heterocycles. The molecule has 1 aliphatic rings. The first-order valence-corrected chi connectivity index (χ1v) is 7.46. The van der Waals surface area contributed by atoms with Gasteiger partial charge in [0.1, 0.15) is 5.82 Å². The number of nitrogens with zero attached hydrogens (tertiary/aromatic N) is 2. The Morgan fingerprint density at radius 1 is 0.875 bits per heavy atom. The van der Waals surface area contributed by atoms with Crippen molar-refractivity contribution < 1.29 is 9.90 Å². The molecule has 0 spiro atoms. The lowest BCUT2D eigenvalue weighted by molar-refractivity contribution is 0.0696. The Morgan fingerprint density at radius 2 is 1.46 bits per heavy atom. The number of carbonyl (C=O) groups is 1. The molecule has 3 aromatic rings. The fourth-order valence-electron chi connectivity index (χ4n) is 2.81. The van der Waals surface area contributed by atoms with E-state index in [1.165, 1.54) is 12.3 Å². The van der Waals surface area contributed by atoms with Crippen LogP contribution in [-0.4, -0.2) is 21.8 Å². The van der Waals surface area contributed by atoms with Crippen LogP contribution < -0.4 is 5.43 Å². The van der Waals surface area contributed by atoms with Gasteiger partial charge >= 0.3 is 5.97 Å². The number of aromatic nitrogens is 1. The Hall–Kier alpha value is -3.47. The van der Waals surface area contributed by atoms with Crippen LogP contribution in [-0.2, 0) is 0 Å². The average Bonchev–Trinajstić information content (AvgIpc) is 2.94. The molecule has 0 saturated carbocycles. The molecule has 24 heavy (non-hydrogen) atoms. The van der Waals surface area contributed by atoms with Crippen molar-refractivity contribution in [2.24, 2.45) is 5.10 Å². The Balaban J connectivity index is 1.71. The second-order valence-electron chi connectivity index (χ2n) is 5.40. The van der Waals surface area contributed by atoms with E-state index in [0.29, 0.717) is 5.82 Å². The lowest BCUT2D eigenvalue weighted by Crippen LogP contribution is -2.04. The van der Waals surface area contributed by atoms with Gasteiger partial charge in [-0.2, -0.15) is 5.10 Å². The number of hydrogen-bond donors (Lipinski definition) is 2. The smallest absolute Gasteiger partial charge is 0.337 e. The minimum atomic E-state index is -1.00. The summed E-state index contributed by atoms with van der Waals surface area (Å²) in [5.41, 5.74) is 8.35. The van der Waals surface area contributed by atoms with Crippen LogP contribution in [0.1, 0.15) is 21.5 Å². The predicted molar refractivity (Wildman–Crippen MR) is 92.3 cm³/mol. The SMILES string of the molecule is O=C(O)c1ccc(NN=C2c3ccccc3-c3ccccc32)nc1. The Labute approximate surface area is 138 Å². The molecule has 0 aliphatic heterocycles. The standard InChI is InChI=1S/C19H13N3O2/c23-19(24)12-9-10-17(20-11-12)21-22-18-15-7-3-1-5-13(15)14-6-2-4-8-16(14)18/h1-11H,(H,20,21)(H,23,24). The quantitative estimate of drug-likeness (QED) is 0.566. The number of fused-ring (bicyclic) bond motifs is 3. The van der Waals surface area contributed by atoms with Gasteiger partial charge in [-0.3, -0.25) is 5.43 Å².